The monoisotopic (exact) mass is 389 g/mol. The fourth-order valence-electron chi connectivity index (χ4n) is 3.10. The van der Waals surface area contributed by atoms with Gasteiger partial charge in [0.25, 0.3) is 0 Å². The number of rotatable bonds is 6. The van der Waals surface area contributed by atoms with Crippen LogP contribution in [0.25, 0.3) is 22.0 Å². The second kappa shape index (κ2) is 7.75. The Morgan fingerprint density at radius 1 is 1.14 bits per heavy atom. The van der Waals surface area contributed by atoms with E-state index in [1.165, 1.54) is 0 Å². The van der Waals surface area contributed by atoms with Crippen molar-refractivity contribution in [3.8, 4) is 16.9 Å². The largest absolute Gasteiger partial charge is 0.495 e. The lowest BCUT2D eigenvalue weighted by Crippen LogP contribution is -2.18. The molecular weight excluding hydrogens is 366 g/mol. The van der Waals surface area contributed by atoms with Gasteiger partial charge in [0.05, 0.1) is 19.0 Å². The fraction of sp³-hybridized carbons (Fsp3) is 0.238. The maximum Gasteiger partial charge on any atom is 0.227 e. The third-order valence-corrected chi connectivity index (χ3v) is 4.80. The summed E-state index contributed by atoms with van der Waals surface area (Å²) in [6.07, 6.45) is 7.37. The molecule has 0 saturated carbocycles. The van der Waals surface area contributed by atoms with E-state index in [0.717, 1.165) is 40.1 Å². The summed E-state index contributed by atoms with van der Waals surface area (Å²) in [6, 6.07) is 7.85. The van der Waals surface area contributed by atoms with E-state index in [9.17, 15) is 0 Å². The number of fused-ring (bicyclic) bond motifs is 1. The molecule has 3 heterocycles. The van der Waals surface area contributed by atoms with Crippen LogP contribution in [0, 0.1) is 0 Å². The molecule has 148 valence electrons. The molecule has 29 heavy (non-hydrogen) atoms. The number of aromatic nitrogens is 5. The lowest BCUT2D eigenvalue weighted by Gasteiger charge is -2.17. The van der Waals surface area contributed by atoms with E-state index in [-0.39, 0.29) is 0 Å². The number of aryl methyl sites for hydroxylation is 1. The van der Waals surface area contributed by atoms with E-state index < -0.39 is 0 Å². The van der Waals surface area contributed by atoms with Gasteiger partial charge >= 0.3 is 0 Å². The van der Waals surface area contributed by atoms with Gasteiger partial charge in [0.2, 0.25) is 5.95 Å². The molecule has 0 amide bonds. The molecule has 4 aromatic rings. The number of anilines is 3. The van der Waals surface area contributed by atoms with Crippen molar-refractivity contribution in [2.24, 2.45) is 7.05 Å². The number of ether oxygens (including phenoxy) is 1. The van der Waals surface area contributed by atoms with Crippen molar-refractivity contribution in [2.45, 2.75) is 6.92 Å². The van der Waals surface area contributed by atoms with Crippen LogP contribution in [0.4, 0.5) is 17.5 Å². The van der Waals surface area contributed by atoms with Crippen LogP contribution in [0.15, 0.2) is 49.1 Å². The zero-order chi connectivity index (χ0) is 20.4. The van der Waals surface area contributed by atoms with Gasteiger partial charge in [-0.1, -0.05) is 6.07 Å². The Morgan fingerprint density at radius 2 is 2.00 bits per heavy atom. The first-order valence-electron chi connectivity index (χ1n) is 9.36. The van der Waals surface area contributed by atoms with Crippen molar-refractivity contribution in [1.29, 1.82) is 0 Å². The summed E-state index contributed by atoms with van der Waals surface area (Å²) < 4.78 is 7.36. The van der Waals surface area contributed by atoms with Crippen LogP contribution in [0.5, 0.6) is 5.75 Å². The van der Waals surface area contributed by atoms with Gasteiger partial charge in [-0.15, -0.1) is 0 Å². The van der Waals surface area contributed by atoms with Crippen LogP contribution < -0.4 is 15.0 Å². The third kappa shape index (κ3) is 3.69. The van der Waals surface area contributed by atoms with Crippen LogP contribution in [-0.4, -0.2) is 45.4 Å². The van der Waals surface area contributed by atoms with Crippen molar-refractivity contribution in [3.05, 3.63) is 49.1 Å². The highest BCUT2D eigenvalue weighted by molar-refractivity contribution is 5.89. The Balaban J connectivity index is 1.69. The number of nitrogens with one attached hydrogen (secondary N) is 1. The smallest absolute Gasteiger partial charge is 0.227 e. The fourth-order valence-corrected chi connectivity index (χ4v) is 3.10. The summed E-state index contributed by atoms with van der Waals surface area (Å²) in [7, 11) is 5.54. The maximum atomic E-state index is 5.59. The third-order valence-electron chi connectivity index (χ3n) is 4.80. The van der Waals surface area contributed by atoms with Crippen LogP contribution in [0.3, 0.4) is 0 Å². The number of pyridine rings is 1. The average molecular weight is 389 g/mol. The molecule has 0 radical (unpaired) electrons. The van der Waals surface area contributed by atoms with Crippen molar-refractivity contribution in [2.75, 3.05) is 30.9 Å². The number of hydrogen-bond acceptors (Lipinski definition) is 7. The molecule has 8 heteroatoms. The van der Waals surface area contributed by atoms with E-state index in [1.807, 2.05) is 50.8 Å². The number of nitrogens with zero attached hydrogens (tertiary/aromatic N) is 6. The highest BCUT2D eigenvalue weighted by Crippen LogP contribution is 2.32. The Labute approximate surface area is 169 Å². The minimum Gasteiger partial charge on any atom is -0.495 e. The SMILES string of the molecule is CCN(C)c1nccc2cnc(Nc3ccc(-c4cnn(C)c4)cc3OC)nc12. The Kier molecular flexibility index (Phi) is 4.99. The Bertz CT molecular complexity index is 1150. The predicted molar refractivity (Wildman–Crippen MR) is 115 cm³/mol. The Morgan fingerprint density at radius 3 is 2.72 bits per heavy atom. The molecular formula is C21H23N7O. The lowest BCUT2D eigenvalue weighted by atomic mass is 10.1. The standard InChI is InChI=1S/C21H23N7O/c1-5-27(2)20-19-15(8-9-22-20)11-23-21(26-19)25-17-7-6-14(10-18(17)29-4)16-12-24-28(3)13-16/h6-13H,5H2,1-4H3,(H,23,25,26). The second-order valence-electron chi connectivity index (χ2n) is 6.72. The van der Waals surface area contributed by atoms with Gasteiger partial charge < -0.3 is 15.0 Å². The molecule has 0 saturated heterocycles. The summed E-state index contributed by atoms with van der Waals surface area (Å²) in [5.41, 5.74) is 3.64. The lowest BCUT2D eigenvalue weighted by molar-refractivity contribution is 0.417. The minimum absolute atomic E-state index is 0.490. The van der Waals surface area contributed by atoms with E-state index in [2.05, 4.69) is 32.2 Å². The quantitative estimate of drug-likeness (QED) is 0.539. The summed E-state index contributed by atoms with van der Waals surface area (Å²) in [5.74, 6) is 2.02. The van der Waals surface area contributed by atoms with Crippen LogP contribution in [0.1, 0.15) is 6.92 Å². The molecule has 8 nitrogen and oxygen atoms in total. The van der Waals surface area contributed by atoms with Gasteiger partial charge in [-0.25, -0.2) is 15.0 Å². The van der Waals surface area contributed by atoms with E-state index in [0.29, 0.717) is 11.7 Å². The van der Waals surface area contributed by atoms with Gasteiger partial charge in [-0.2, -0.15) is 5.10 Å². The van der Waals surface area contributed by atoms with Gasteiger partial charge in [0, 0.05) is 50.2 Å². The molecule has 0 atom stereocenters. The summed E-state index contributed by atoms with van der Waals surface area (Å²) >= 11 is 0. The predicted octanol–water partition coefficient (Wildman–Crippen LogP) is 3.63. The van der Waals surface area contributed by atoms with Crippen LogP contribution in [-0.2, 0) is 7.05 Å². The number of hydrogen-bond donors (Lipinski definition) is 1. The Hall–Kier alpha value is -3.68. The molecule has 0 spiro atoms. The zero-order valence-corrected chi connectivity index (χ0v) is 16.9. The molecule has 0 fully saturated rings. The zero-order valence-electron chi connectivity index (χ0n) is 16.9. The first-order valence-corrected chi connectivity index (χ1v) is 9.36. The molecule has 1 aromatic carbocycles. The van der Waals surface area contributed by atoms with E-state index >= 15 is 0 Å². The van der Waals surface area contributed by atoms with Crippen molar-refractivity contribution in [1.82, 2.24) is 24.7 Å². The van der Waals surface area contributed by atoms with Gasteiger partial charge in [0.1, 0.15) is 11.3 Å². The summed E-state index contributed by atoms with van der Waals surface area (Å²) in [4.78, 5) is 15.7. The second-order valence-corrected chi connectivity index (χ2v) is 6.72. The maximum absolute atomic E-state index is 5.59. The highest BCUT2D eigenvalue weighted by Gasteiger charge is 2.12. The van der Waals surface area contributed by atoms with Gasteiger partial charge in [-0.05, 0) is 30.7 Å². The topological polar surface area (TPSA) is 81.0 Å². The van der Waals surface area contributed by atoms with Gasteiger partial charge in [0.15, 0.2) is 5.82 Å². The van der Waals surface area contributed by atoms with Crippen molar-refractivity contribution >= 4 is 28.4 Å². The van der Waals surface area contributed by atoms with Crippen LogP contribution >= 0.6 is 0 Å². The van der Waals surface area contributed by atoms with E-state index in [4.69, 9.17) is 9.72 Å². The first kappa shape index (κ1) is 18.7. The number of methoxy groups -OCH3 is 1. The molecule has 0 bridgehead atoms. The van der Waals surface area contributed by atoms with Crippen molar-refractivity contribution in [3.63, 3.8) is 0 Å². The summed E-state index contributed by atoms with van der Waals surface area (Å²) in [6.45, 7) is 2.91. The minimum atomic E-state index is 0.490. The first-order chi connectivity index (χ1) is 14.1. The molecule has 1 N–H and O–H groups in total. The molecule has 3 aromatic heterocycles. The average Bonchev–Trinajstić information content (AvgIpc) is 3.19. The molecule has 0 aliphatic heterocycles. The molecule has 0 aliphatic rings. The van der Waals surface area contributed by atoms with Crippen LogP contribution in [0.2, 0.25) is 0 Å². The molecule has 0 unspecified atom stereocenters. The number of benzene rings is 1. The van der Waals surface area contributed by atoms with Crippen molar-refractivity contribution < 1.29 is 4.74 Å². The van der Waals surface area contributed by atoms with E-state index in [1.54, 1.807) is 24.2 Å². The normalized spacial score (nSPS) is 10.9. The van der Waals surface area contributed by atoms with Gasteiger partial charge in [-0.3, -0.25) is 4.68 Å². The molecule has 4 rings (SSSR count). The summed E-state index contributed by atoms with van der Waals surface area (Å²) in [5, 5.41) is 8.44. The highest BCUT2D eigenvalue weighted by atomic mass is 16.5. The molecule has 0 aliphatic carbocycles.